The van der Waals surface area contributed by atoms with Crippen molar-refractivity contribution >= 4 is 5.97 Å². The smallest absolute Gasteiger partial charge is 0.308 e. The van der Waals surface area contributed by atoms with E-state index in [0.29, 0.717) is 5.92 Å². The Morgan fingerprint density at radius 2 is 2.20 bits per heavy atom. The van der Waals surface area contributed by atoms with Gasteiger partial charge in [-0.05, 0) is 12.0 Å². The lowest BCUT2D eigenvalue weighted by Gasteiger charge is -1.88. The molecule has 0 aliphatic carbocycles. The molecule has 0 aliphatic heterocycles. The van der Waals surface area contributed by atoms with Crippen molar-refractivity contribution in [1.29, 1.82) is 0 Å². The first kappa shape index (κ1) is 8.99. The zero-order valence-electron chi connectivity index (χ0n) is 6.55. The quantitative estimate of drug-likeness (QED) is 0.332. The van der Waals surface area contributed by atoms with Crippen LogP contribution in [0.5, 0.6) is 0 Å². The first-order valence-electron chi connectivity index (χ1n) is 3.21. The van der Waals surface area contributed by atoms with E-state index in [1.54, 1.807) is 0 Å². The Morgan fingerprint density at radius 1 is 1.60 bits per heavy atom. The number of hydrogen-bond donors (Lipinski definition) is 0. The second-order valence-electron chi connectivity index (χ2n) is 2.30. The lowest BCUT2D eigenvalue weighted by Crippen LogP contribution is -1.88. The average Bonchev–Trinajstić information content (AvgIpc) is 1.79. The average molecular weight is 140 g/mol. The van der Waals surface area contributed by atoms with Gasteiger partial charge in [-0.1, -0.05) is 19.6 Å². The Hall–Kier alpha value is -1.01. The van der Waals surface area contributed by atoms with Gasteiger partial charge >= 0.3 is 5.97 Å². The number of ether oxygens (including phenoxy) is 1. The molecular formula is C8H12O2. The number of hydrogen-bond acceptors (Lipinski definition) is 2. The standard InChI is InChI=1S/C8H12O2/c1-7(2)5-4-6-10-8(3)9/h5-7H,1-3H3. The van der Waals surface area contributed by atoms with Gasteiger partial charge in [-0.15, -0.1) is 0 Å². The molecule has 0 aromatic carbocycles. The zero-order valence-corrected chi connectivity index (χ0v) is 6.55. The summed E-state index contributed by atoms with van der Waals surface area (Å²) in [5.74, 6) is 0.122. The zero-order chi connectivity index (χ0) is 7.98. The number of carbonyl (C=O) groups is 1. The van der Waals surface area contributed by atoms with Crippen LogP contribution in [0.15, 0.2) is 18.1 Å². The molecule has 0 saturated carbocycles. The van der Waals surface area contributed by atoms with Crippen molar-refractivity contribution in [2.45, 2.75) is 20.8 Å². The third kappa shape index (κ3) is 6.99. The molecule has 0 unspecified atom stereocenters. The van der Waals surface area contributed by atoms with Gasteiger partial charge in [-0.3, -0.25) is 4.79 Å². The highest BCUT2D eigenvalue weighted by Crippen LogP contribution is 1.90. The summed E-state index contributed by atoms with van der Waals surface area (Å²) in [6.07, 6.45) is 3.09. The van der Waals surface area contributed by atoms with Crippen molar-refractivity contribution in [2.24, 2.45) is 5.92 Å². The van der Waals surface area contributed by atoms with Crippen LogP contribution in [0.3, 0.4) is 0 Å². The fourth-order valence-corrected chi connectivity index (χ4v) is 0.349. The number of rotatable bonds is 2. The molecule has 0 saturated heterocycles. The molecule has 0 aliphatic rings. The summed E-state index contributed by atoms with van der Waals surface area (Å²) in [6.45, 7) is 5.40. The number of esters is 1. The Morgan fingerprint density at radius 3 is 2.60 bits per heavy atom. The normalized spacial score (nSPS) is 8.40. The highest BCUT2D eigenvalue weighted by molar-refractivity contribution is 5.66. The van der Waals surface area contributed by atoms with Crippen LogP contribution < -0.4 is 0 Å². The van der Waals surface area contributed by atoms with Crippen molar-refractivity contribution in [2.75, 3.05) is 0 Å². The minimum Gasteiger partial charge on any atom is -0.426 e. The number of carbonyl (C=O) groups excluding carboxylic acids is 1. The van der Waals surface area contributed by atoms with E-state index in [-0.39, 0.29) is 5.97 Å². The Kier molecular flexibility index (Phi) is 4.34. The monoisotopic (exact) mass is 140 g/mol. The molecule has 56 valence electrons. The Bertz CT molecular complexity index is 162. The molecule has 0 fully saturated rings. The predicted octanol–water partition coefficient (Wildman–Crippen LogP) is 1.87. The van der Waals surface area contributed by atoms with Crippen molar-refractivity contribution in [1.82, 2.24) is 0 Å². The third-order valence-electron chi connectivity index (χ3n) is 0.722. The molecule has 2 nitrogen and oxygen atoms in total. The van der Waals surface area contributed by atoms with Crippen molar-refractivity contribution < 1.29 is 9.53 Å². The predicted molar refractivity (Wildman–Crippen MR) is 39.3 cm³/mol. The van der Waals surface area contributed by atoms with Gasteiger partial charge in [0.05, 0.1) is 0 Å². The van der Waals surface area contributed by atoms with Crippen molar-refractivity contribution in [3.8, 4) is 0 Å². The van der Waals surface area contributed by atoms with Gasteiger partial charge in [-0.25, -0.2) is 0 Å². The fourth-order valence-electron chi connectivity index (χ4n) is 0.349. The Labute approximate surface area is 61.2 Å². The van der Waals surface area contributed by atoms with E-state index in [1.807, 2.05) is 19.9 Å². The second kappa shape index (κ2) is 4.83. The van der Waals surface area contributed by atoms with Crippen LogP contribution in [0.25, 0.3) is 0 Å². The minimum absolute atomic E-state index is 0.315. The summed E-state index contributed by atoms with van der Waals surface area (Å²) < 4.78 is 4.49. The third-order valence-corrected chi connectivity index (χ3v) is 0.722. The summed E-state index contributed by atoms with van der Waals surface area (Å²) in [4.78, 5) is 10.2. The van der Waals surface area contributed by atoms with Crippen LogP contribution in [0.4, 0.5) is 0 Å². The van der Waals surface area contributed by atoms with E-state index in [2.05, 4.69) is 10.5 Å². The summed E-state index contributed by atoms with van der Waals surface area (Å²) in [5, 5.41) is 0. The molecule has 0 atom stereocenters. The van der Waals surface area contributed by atoms with E-state index in [4.69, 9.17) is 0 Å². The largest absolute Gasteiger partial charge is 0.426 e. The molecule has 10 heavy (non-hydrogen) atoms. The topological polar surface area (TPSA) is 26.3 Å². The first-order valence-corrected chi connectivity index (χ1v) is 3.21. The SMILES string of the molecule is CC(=O)OC=C=CC(C)C. The van der Waals surface area contributed by atoms with Gasteiger partial charge in [0.15, 0.2) is 0 Å². The van der Waals surface area contributed by atoms with Gasteiger partial charge in [0.2, 0.25) is 0 Å². The summed E-state index contributed by atoms with van der Waals surface area (Å²) in [6, 6.07) is 0. The molecule has 0 aromatic rings. The highest BCUT2D eigenvalue weighted by atomic mass is 16.5. The first-order chi connectivity index (χ1) is 4.63. The molecule has 0 heterocycles. The van der Waals surface area contributed by atoms with Crippen molar-refractivity contribution in [3.63, 3.8) is 0 Å². The van der Waals surface area contributed by atoms with Crippen LogP contribution in [0.2, 0.25) is 0 Å². The van der Waals surface area contributed by atoms with Crippen LogP contribution in [0.1, 0.15) is 20.8 Å². The lowest BCUT2D eigenvalue weighted by atomic mass is 10.2. The molecule has 0 rings (SSSR count). The van der Waals surface area contributed by atoms with Crippen LogP contribution in [0, 0.1) is 5.92 Å². The van der Waals surface area contributed by atoms with Crippen LogP contribution in [-0.4, -0.2) is 5.97 Å². The second-order valence-corrected chi connectivity index (χ2v) is 2.30. The van der Waals surface area contributed by atoms with Gasteiger partial charge < -0.3 is 4.74 Å². The molecule has 0 aromatic heterocycles. The van der Waals surface area contributed by atoms with Gasteiger partial charge in [0.25, 0.3) is 0 Å². The number of allylic oxidation sites excluding steroid dienone is 1. The molecule has 0 radical (unpaired) electrons. The maximum Gasteiger partial charge on any atom is 0.308 e. The van der Waals surface area contributed by atoms with Crippen molar-refractivity contribution in [3.05, 3.63) is 18.1 Å². The molecular weight excluding hydrogens is 128 g/mol. The van der Waals surface area contributed by atoms with E-state index in [9.17, 15) is 4.79 Å². The summed E-state index contributed by atoms with van der Waals surface area (Å²) in [7, 11) is 0. The lowest BCUT2D eigenvalue weighted by molar-refractivity contribution is -0.135. The molecule has 0 amide bonds. The molecule has 2 heteroatoms. The van der Waals surface area contributed by atoms with E-state index in [1.165, 1.54) is 13.2 Å². The summed E-state index contributed by atoms with van der Waals surface area (Å²) >= 11 is 0. The Balaban J connectivity index is 3.65. The van der Waals surface area contributed by atoms with Gasteiger partial charge in [0, 0.05) is 6.92 Å². The van der Waals surface area contributed by atoms with E-state index >= 15 is 0 Å². The molecule has 0 spiro atoms. The molecule has 0 bridgehead atoms. The summed E-state index contributed by atoms with van der Waals surface area (Å²) in [5.41, 5.74) is 2.72. The fraction of sp³-hybridized carbons (Fsp3) is 0.500. The highest BCUT2D eigenvalue weighted by Gasteiger charge is 1.83. The van der Waals surface area contributed by atoms with Gasteiger partial charge in [0.1, 0.15) is 6.26 Å². The van der Waals surface area contributed by atoms with E-state index in [0.717, 1.165) is 0 Å². The van der Waals surface area contributed by atoms with Crippen LogP contribution in [-0.2, 0) is 9.53 Å². The molecule has 0 N–H and O–H groups in total. The van der Waals surface area contributed by atoms with E-state index < -0.39 is 0 Å². The minimum atomic E-state index is -0.315. The van der Waals surface area contributed by atoms with Crippen LogP contribution >= 0.6 is 0 Å². The maximum atomic E-state index is 10.2. The maximum absolute atomic E-state index is 10.2. The van der Waals surface area contributed by atoms with Gasteiger partial charge in [-0.2, -0.15) is 0 Å².